The fraction of sp³-hybridized carbons (Fsp3) is 0.278. The fourth-order valence-corrected chi connectivity index (χ4v) is 3.53. The summed E-state index contributed by atoms with van der Waals surface area (Å²) in [7, 11) is 1.47. The normalized spacial score (nSPS) is 20.4. The number of nitrogen functional groups attached to an aromatic ring is 1. The number of hydrogen-bond donors (Lipinski definition) is 1. The van der Waals surface area contributed by atoms with Gasteiger partial charge in [0.1, 0.15) is 6.04 Å². The summed E-state index contributed by atoms with van der Waals surface area (Å²) in [6.45, 7) is 0.924. The maximum absolute atomic E-state index is 12.9. The molecule has 2 aliphatic heterocycles. The number of hydrogen-bond acceptors (Lipinski definition) is 4. The number of nitrogens with zero attached hydrogens (tertiary/aromatic N) is 3. The van der Waals surface area contributed by atoms with Gasteiger partial charge in [0.05, 0.1) is 12.1 Å². The summed E-state index contributed by atoms with van der Waals surface area (Å²) in [5, 5.41) is 1.91. The molecule has 2 heterocycles. The van der Waals surface area contributed by atoms with Crippen molar-refractivity contribution in [3.05, 3.63) is 42.0 Å². The Balaban J connectivity index is 1.63. The second-order valence-electron chi connectivity index (χ2n) is 6.43. The van der Waals surface area contributed by atoms with Crippen LogP contribution < -0.4 is 5.73 Å². The molecule has 7 nitrogen and oxygen atoms in total. The highest BCUT2D eigenvalue weighted by atomic mass is 16.2. The number of benzene rings is 2. The lowest BCUT2D eigenvalue weighted by Crippen LogP contribution is -2.54. The van der Waals surface area contributed by atoms with E-state index in [4.69, 9.17) is 5.73 Å². The Kier molecular flexibility index (Phi) is 3.38. The van der Waals surface area contributed by atoms with Gasteiger partial charge in [0, 0.05) is 25.8 Å². The van der Waals surface area contributed by atoms with Crippen molar-refractivity contribution in [3.63, 3.8) is 0 Å². The van der Waals surface area contributed by atoms with Crippen LogP contribution in [0.3, 0.4) is 0 Å². The van der Waals surface area contributed by atoms with E-state index >= 15 is 0 Å². The zero-order valence-electron chi connectivity index (χ0n) is 13.8. The fourth-order valence-electron chi connectivity index (χ4n) is 3.53. The number of anilines is 1. The van der Waals surface area contributed by atoms with Crippen LogP contribution in [0.15, 0.2) is 36.4 Å². The van der Waals surface area contributed by atoms with Crippen LogP contribution in [0, 0.1) is 0 Å². The number of imide groups is 1. The van der Waals surface area contributed by atoms with Crippen LogP contribution in [0.25, 0.3) is 10.8 Å². The van der Waals surface area contributed by atoms with Gasteiger partial charge in [-0.15, -0.1) is 0 Å². The molecule has 128 valence electrons. The average Bonchev–Trinajstić information content (AvgIpc) is 2.84. The zero-order valence-corrected chi connectivity index (χ0v) is 13.8. The molecule has 0 saturated carbocycles. The largest absolute Gasteiger partial charge is 0.398 e. The molecule has 0 radical (unpaired) electrons. The molecule has 4 amide bonds. The first-order chi connectivity index (χ1) is 12.0. The van der Waals surface area contributed by atoms with E-state index in [-0.39, 0.29) is 24.4 Å². The number of fused-ring (bicyclic) bond motifs is 2. The molecule has 0 spiro atoms. The lowest BCUT2D eigenvalue weighted by molar-refractivity contribution is -0.128. The molecule has 25 heavy (non-hydrogen) atoms. The van der Waals surface area contributed by atoms with Gasteiger partial charge >= 0.3 is 6.03 Å². The molecular weight excluding hydrogens is 320 g/mol. The predicted molar refractivity (Wildman–Crippen MR) is 92.9 cm³/mol. The SMILES string of the molecule is CN1C(=O)C2CN(C(=O)c3cc4ccccc4cc3N)CCN2C1=O. The van der Waals surface area contributed by atoms with Gasteiger partial charge in [0.25, 0.3) is 11.8 Å². The van der Waals surface area contributed by atoms with E-state index < -0.39 is 6.04 Å². The minimum atomic E-state index is -0.600. The number of piperazine rings is 1. The van der Waals surface area contributed by atoms with Gasteiger partial charge in [0.15, 0.2) is 0 Å². The first kappa shape index (κ1) is 15.4. The van der Waals surface area contributed by atoms with Crippen LogP contribution in [0.4, 0.5) is 10.5 Å². The summed E-state index contributed by atoms with van der Waals surface area (Å²) in [5.74, 6) is -0.480. The highest BCUT2D eigenvalue weighted by Crippen LogP contribution is 2.26. The van der Waals surface area contributed by atoms with Gasteiger partial charge in [-0.2, -0.15) is 0 Å². The van der Waals surface area contributed by atoms with Crippen LogP contribution >= 0.6 is 0 Å². The van der Waals surface area contributed by atoms with Crippen molar-refractivity contribution in [3.8, 4) is 0 Å². The first-order valence-electron chi connectivity index (χ1n) is 8.13. The molecule has 0 bridgehead atoms. The number of rotatable bonds is 1. The Morgan fingerprint density at radius 3 is 2.52 bits per heavy atom. The number of likely N-dealkylation sites (N-methyl/N-ethyl adjacent to an activating group) is 1. The maximum Gasteiger partial charge on any atom is 0.327 e. The number of carbonyl (C=O) groups excluding carboxylic acids is 3. The van der Waals surface area contributed by atoms with Crippen molar-refractivity contribution in [1.82, 2.24) is 14.7 Å². The standard InChI is InChI=1S/C18H18N4O3/c1-20-17(24)15-10-21(6-7-22(15)18(20)25)16(23)13-8-11-4-2-3-5-12(11)9-14(13)19/h2-5,8-9,15H,6-7,10,19H2,1H3. The average molecular weight is 338 g/mol. The second kappa shape index (κ2) is 5.47. The summed E-state index contributed by atoms with van der Waals surface area (Å²) in [6, 6.07) is 10.4. The van der Waals surface area contributed by atoms with Crippen molar-refractivity contribution in [2.45, 2.75) is 6.04 Å². The Bertz CT molecular complexity index is 910. The quantitative estimate of drug-likeness (QED) is 0.624. The van der Waals surface area contributed by atoms with E-state index in [0.717, 1.165) is 15.7 Å². The Morgan fingerprint density at radius 2 is 1.80 bits per heavy atom. The molecule has 4 rings (SSSR count). The molecule has 2 aromatic rings. The van der Waals surface area contributed by atoms with E-state index in [1.54, 1.807) is 17.0 Å². The van der Waals surface area contributed by atoms with Crippen LogP contribution in [0.2, 0.25) is 0 Å². The van der Waals surface area contributed by atoms with Gasteiger partial charge in [-0.25, -0.2) is 4.79 Å². The summed E-state index contributed by atoms with van der Waals surface area (Å²) in [6.07, 6.45) is 0. The van der Waals surface area contributed by atoms with Crippen molar-refractivity contribution in [1.29, 1.82) is 0 Å². The lowest BCUT2D eigenvalue weighted by atomic mass is 10.0. The van der Waals surface area contributed by atoms with Crippen LogP contribution in [-0.4, -0.2) is 65.3 Å². The Hall–Kier alpha value is -3.09. The van der Waals surface area contributed by atoms with Gasteiger partial charge < -0.3 is 15.5 Å². The van der Waals surface area contributed by atoms with E-state index in [1.807, 2.05) is 24.3 Å². The Labute approximate surface area is 144 Å². The van der Waals surface area contributed by atoms with Gasteiger partial charge in [-0.1, -0.05) is 24.3 Å². The van der Waals surface area contributed by atoms with Crippen molar-refractivity contribution in [2.24, 2.45) is 0 Å². The minimum Gasteiger partial charge on any atom is -0.398 e. The molecule has 7 heteroatoms. The summed E-state index contributed by atoms with van der Waals surface area (Å²) < 4.78 is 0. The number of nitrogens with two attached hydrogens (primary N) is 1. The third kappa shape index (κ3) is 2.31. The monoisotopic (exact) mass is 338 g/mol. The molecule has 1 unspecified atom stereocenters. The van der Waals surface area contributed by atoms with Gasteiger partial charge in [-0.05, 0) is 22.9 Å². The zero-order chi connectivity index (χ0) is 17.7. The lowest BCUT2D eigenvalue weighted by Gasteiger charge is -2.35. The topological polar surface area (TPSA) is 86.9 Å². The van der Waals surface area contributed by atoms with Crippen molar-refractivity contribution in [2.75, 3.05) is 32.4 Å². The van der Waals surface area contributed by atoms with Gasteiger partial charge in [-0.3, -0.25) is 14.5 Å². The Morgan fingerprint density at radius 1 is 1.12 bits per heavy atom. The third-order valence-electron chi connectivity index (χ3n) is 4.96. The predicted octanol–water partition coefficient (Wildman–Crippen LogP) is 1.14. The van der Waals surface area contributed by atoms with Crippen molar-refractivity contribution < 1.29 is 14.4 Å². The highest BCUT2D eigenvalue weighted by molar-refractivity contribution is 6.06. The molecule has 2 aromatic carbocycles. The van der Waals surface area contributed by atoms with Crippen LogP contribution in [-0.2, 0) is 4.79 Å². The molecule has 2 aliphatic rings. The summed E-state index contributed by atoms with van der Waals surface area (Å²) in [4.78, 5) is 41.4. The first-order valence-corrected chi connectivity index (χ1v) is 8.13. The molecule has 2 fully saturated rings. The minimum absolute atomic E-state index is 0.194. The number of carbonyl (C=O) groups is 3. The highest BCUT2D eigenvalue weighted by Gasteiger charge is 2.46. The molecular formula is C18H18N4O3. The van der Waals surface area contributed by atoms with Gasteiger partial charge in [0.2, 0.25) is 0 Å². The summed E-state index contributed by atoms with van der Waals surface area (Å²) in [5.41, 5.74) is 6.93. The second-order valence-corrected chi connectivity index (χ2v) is 6.43. The number of urea groups is 1. The third-order valence-corrected chi connectivity index (χ3v) is 4.96. The number of amides is 4. The van der Waals surface area contributed by atoms with E-state index in [1.165, 1.54) is 11.9 Å². The molecule has 0 aromatic heterocycles. The molecule has 1 atom stereocenters. The van der Waals surface area contributed by atoms with Crippen LogP contribution in [0.1, 0.15) is 10.4 Å². The van der Waals surface area contributed by atoms with E-state index in [9.17, 15) is 14.4 Å². The molecule has 0 aliphatic carbocycles. The van der Waals surface area contributed by atoms with E-state index in [0.29, 0.717) is 24.3 Å². The van der Waals surface area contributed by atoms with E-state index in [2.05, 4.69) is 0 Å². The molecule has 2 N–H and O–H groups in total. The smallest absolute Gasteiger partial charge is 0.327 e. The molecule has 2 saturated heterocycles. The van der Waals surface area contributed by atoms with Crippen molar-refractivity contribution >= 4 is 34.3 Å². The maximum atomic E-state index is 12.9. The summed E-state index contributed by atoms with van der Waals surface area (Å²) >= 11 is 0. The van der Waals surface area contributed by atoms with Crippen LogP contribution in [0.5, 0.6) is 0 Å².